The van der Waals surface area contributed by atoms with Crippen molar-refractivity contribution in [2.75, 3.05) is 5.75 Å². The van der Waals surface area contributed by atoms with Crippen LogP contribution < -0.4 is 5.73 Å². The van der Waals surface area contributed by atoms with Gasteiger partial charge in [-0.1, -0.05) is 31.2 Å². The Bertz CT molecular complexity index is 378. The van der Waals surface area contributed by atoms with Gasteiger partial charge in [-0.25, -0.2) is 0 Å². The highest BCUT2D eigenvalue weighted by Gasteiger charge is 2.12. The lowest BCUT2D eigenvalue weighted by atomic mass is 10.0. The molecule has 0 saturated heterocycles. The fraction of sp³-hybridized carbons (Fsp3) is 0.500. The molecule has 100 valence electrons. The van der Waals surface area contributed by atoms with Crippen LogP contribution in [0.4, 0.5) is 0 Å². The summed E-state index contributed by atoms with van der Waals surface area (Å²) in [6.45, 7) is 3.79. The summed E-state index contributed by atoms with van der Waals surface area (Å²) < 4.78 is 0. The average molecular weight is 267 g/mol. The van der Waals surface area contributed by atoms with Crippen LogP contribution in [0.1, 0.15) is 37.3 Å². The summed E-state index contributed by atoms with van der Waals surface area (Å²) in [4.78, 5) is 10.8. The molecule has 3 nitrogen and oxygen atoms in total. The molecule has 0 fully saturated rings. The zero-order valence-electron chi connectivity index (χ0n) is 10.9. The smallest absolute Gasteiger partial charge is 0.310 e. The fourth-order valence-corrected chi connectivity index (χ4v) is 2.58. The standard InChI is InChI=1S/C14H21NO2S/c1-3-13(15)9-18-8-11-4-6-12(7-5-11)10(2)14(16)17/h4-7,10,13H,3,8-9,15H2,1-2H3,(H,16,17). The van der Waals surface area contributed by atoms with Gasteiger partial charge in [0.15, 0.2) is 0 Å². The molecule has 0 spiro atoms. The number of rotatable bonds is 7. The number of hydrogen-bond acceptors (Lipinski definition) is 3. The molecule has 0 amide bonds. The van der Waals surface area contributed by atoms with Gasteiger partial charge in [-0.15, -0.1) is 0 Å². The summed E-state index contributed by atoms with van der Waals surface area (Å²) in [7, 11) is 0. The van der Waals surface area contributed by atoms with E-state index in [1.165, 1.54) is 5.56 Å². The van der Waals surface area contributed by atoms with Crippen molar-refractivity contribution in [1.82, 2.24) is 0 Å². The normalized spacial score (nSPS) is 14.2. The van der Waals surface area contributed by atoms with E-state index in [1.54, 1.807) is 6.92 Å². The predicted molar refractivity (Wildman–Crippen MR) is 76.9 cm³/mol. The van der Waals surface area contributed by atoms with Gasteiger partial charge in [0.2, 0.25) is 0 Å². The van der Waals surface area contributed by atoms with Crippen molar-refractivity contribution in [1.29, 1.82) is 0 Å². The molecular formula is C14H21NO2S. The lowest BCUT2D eigenvalue weighted by Gasteiger charge is -2.09. The molecule has 0 saturated carbocycles. The van der Waals surface area contributed by atoms with Gasteiger partial charge in [0.1, 0.15) is 0 Å². The number of carbonyl (C=O) groups is 1. The molecule has 1 aromatic carbocycles. The average Bonchev–Trinajstić information content (AvgIpc) is 2.38. The summed E-state index contributed by atoms with van der Waals surface area (Å²) in [5, 5.41) is 8.92. The van der Waals surface area contributed by atoms with Crippen molar-refractivity contribution in [3.63, 3.8) is 0 Å². The van der Waals surface area contributed by atoms with Crippen LogP contribution >= 0.6 is 11.8 Å². The largest absolute Gasteiger partial charge is 0.481 e. The number of nitrogens with two attached hydrogens (primary N) is 1. The second kappa shape index (κ2) is 7.44. The zero-order valence-corrected chi connectivity index (χ0v) is 11.7. The maximum atomic E-state index is 10.8. The first-order valence-corrected chi connectivity index (χ1v) is 7.35. The molecule has 2 unspecified atom stereocenters. The Balaban J connectivity index is 2.48. The Morgan fingerprint density at radius 2 is 2.00 bits per heavy atom. The molecule has 0 heterocycles. The molecule has 0 bridgehead atoms. The van der Waals surface area contributed by atoms with Gasteiger partial charge in [-0.2, -0.15) is 11.8 Å². The maximum Gasteiger partial charge on any atom is 0.310 e. The Hall–Kier alpha value is -1.00. The second-order valence-corrected chi connectivity index (χ2v) is 5.52. The highest BCUT2D eigenvalue weighted by molar-refractivity contribution is 7.98. The third-order valence-corrected chi connectivity index (χ3v) is 4.18. The molecule has 0 radical (unpaired) electrons. The second-order valence-electron chi connectivity index (χ2n) is 4.48. The first-order chi connectivity index (χ1) is 8.54. The molecular weight excluding hydrogens is 246 g/mol. The molecule has 18 heavy (non-hydrogen) atoms. The first kappa shape index (κ1) is 15.1. The Morgan fingerprint density at radius 3 is 2.50 bits per heavy atom. The molecule has 3 N–H and O–H groups in total. The minimum atomic E-state index is -0.786. The SMILES string of the molecule is CCC(N)CSCc1ccc(C(C)C(=O)O)cc1. The van der Waals surface area contributed by atoms with Crippen molar-refractivity contribution < 1.29 is 9.90 Å². The summed E-state index contributed by atoms with van der Waals surface area (Å²) >= 11 is 1.82. The molecule has 4 heteroatoms. The molecule has 0 aliphatic carbocycles. The van der Waals surface area contributed by atoms with E-state index >= 15 is 0 Å². The van der Waals surface area contributed by atoms with Crippen LogP contribution in [0.5, 0.6) is 0 Å². The van der Waals surface area contributed by atoms with E-state index in [4.69, 9.17) is 10.8 Å². The molecule has 1 aromatic rings. The number of aliphatic carboxylic acids is 1. The minimum absolute atomic E-state index is 0.265. The van der Waals surface area contributed by atoms with Gasteiger partial charge in [0.25, 0.3) is 0 Å². The van der Waals surface area contributed by atoms with Crippen LogP contribution in [0.25, 0.3) is 0 Å². The van der Waals surface area contributed by atoms with Crippen LogP contribution in [-0.4, -0.2) is 22.9 Å². The minimum Gasteiger partial charge on any atom is -0.481 e. The lowest BCUT2D eigenvalue weighted by molar-refractivity contribution is -0.138. The summed E-state index contributed by atoms with van der Waals surface area (Å²) in [6.07, 6.45) is 1.00. The molecule has 1 rings (SSSR count). The van der Waals surface area contributed by atoms with Gasteiger partial charge in [-0.05, 0) is 24.5 Å². The Labute approximate surface area is 113 Å². The quantitative estimate of drug-likeness (QED) is 0.797. The van der Waals surface area contributed by atoms with Gasteiger partial charge in [0, 0.05) is 17.5 Å². The molecule has 0 aliphatic heterocycles. The predicted octanol–water partition coefficient (Wildman–Crippen LogP) is 2.85. The van der Waals surface area contributed by atoms with Crippen molar-refractivity contribution in [3.8, 4) is 0 Å². The monoisotopic (exact) mass is 267 g/mol. The molecule has 0 aromatic heterocycles. The number of thioether (sulfide) groups is 1. The van der Waals surface area contributed by atoms with Gasteiger partial charge >= 0.3 is 5.97 Å². The van der Waals surface area contributed by atoms with Crippen LogP contribution in [0.2, 0.25) is 0 Å². The number of benzene rings is 1. The van der Waals surface area contributed by atoms with Crippen LogP contribution in [0.15, 0.2) is 24.3 Å². The van der Waals surface area contributed by atoms with E-state index in [0.717, 1.165) is 23.5 Å². The zero-order chi connectivity index (χ0) is 13.5. The van der Waals surface area contributed by atoms with Crippen molar-refractivity contribution in [3.05, 3.63) is 35.4 Å². The number of hydrogen-bond donors (Lipinski definition) is 2. The third kappa shape index (κ3) is 4.70. The van der Waals surface area contributed by atoms with Gasteiger partial charge in [0.05, 0.1) is 5.92 Å². The van der Waals surface area contributed by atoms with Crippen molar-refractivity contribution >= 4 is 17.7 Å². The van der Waals surface area contributed by atoms with Crippen LogP contribution in [-0.2, 0) is 10.5 Å². The highest BCUT2D eigenvalue weighted by Crippen LogP contribution is 2.19. The third-order valence-electron chi connectivity index (χ3n) is 2.98. The highest BCUT2D eigenvalue weighted by atomic mass is 32.2. The number of carboxylic acids is 1. The first-order valence-electron chi connectivity index (χ1n) is 6.19. The van der Waals surface area contributed by atoms with Crippen LogP contribution in [0.3, 0.4) is 0 Å². The van der Waals surface area contributed by atoms with E-state index in [1.807, 2.05) is 36.0 Å². The van der Waals surface area contributed by atoms with Gasteiger partial charge < -0.3 is 10.8 Å². The lowest BCUT2D eigenvalue weighted by Crippen LogP contribution is -2.21. The summed E-state index contributed by atoms with van der Waals surface area (Å²) in [6, 6.07) is 8.06. The molecule has 0 aliphatic rings. The summed E-state index contributed by atoms with van der Waals surface area (Å²) in [5.41, 5.74) is 7.91. The molecule has 2 atom stereocenters. The van der Waals surface area contributed by atoms with Crippen molar-refractivity contribution in [2.45, 2.75) is 38.0 Å². The van der Waals surface area contributed by atoms with Crippen molar-refractivity contribution in [2.24, 2.45) is 5.73 Å². The van der Waals surface area contributed by atoms with E-state index in [2.05, 4.69) is 6.92 Å². The van der Waals surface area contributed by atoms with E-state index in [0.29, 0.717) is 0 Å². The van der Waals surface area contributed by atoms with Crippen LogP contribution in [0, 0.1) is 0 Å². The fourth-order valence-electron chi connectivity index (χ4n) is 1.49. The Kier molecular flexibility index (Phi) is 6.22. The van der Waals surface area contributed by atoms with E-state index in [-0.39, 0.29) is 6.04 Å². The Morgan fingerprint density at radius 1 is 1.39 bits per heavy atom. The maximum absolute atomic E-state index is 10.8. The summed E-state index contributed by atoms with van der Waals surface area (Å²) in [5.74, 6) is 0.658. The topological polar surface area (TPSA) is 63.3 Å². The van der Waals surface area contributed by atoms with Gasteiger partial charge in [-0.3, -0.25) is 4.79 Å². The number of carboxylic acid groups (broad SMARTS) is 1. The van der Waals surface area contributed by atoms with E-state index < -0.39 is 11.9 Å². The van der Waals surface area contributed by atoms with E-state index in [9.17, 15) is 4.79 Å².